The number of nitrogens with zero attached hydrogens (tertiary/aromatic N) is 4. The van der Waals surface area contributed by atoms with Crippen molar-refractivity contribution < 1.29 is 13.6 Å². The van der Waals surface area contributed by atoms with Crippen LogP contribution in [0.5, 0.6) is 0 Å². The number of aryl methyl sites for hydroxylation is 1. The van der Waals surface area contributed by atoms with Crippen LogP contribution in [0.1, 0.15) is 54.2 Å². The molecule has 1 saturated carbocycles. The number of hydrogen-bond acceptors (Lipinski definition) is 6. The van der Waals surface area contributed by atoms with Crippen molar-refractivity contribution >= 4 is 33.8 Å². The zero-order chi connectivity index (χ0) is 23.1. The van der Waals surface area contributed by atoms with Gasteiger partial charge in [-0.05, 0) is 51.2 Å². The van der Waals surface area contributed by atoms with Crippen LogP contribution in [0, 0.1) is 12.7 Å². The average molecular weight is 473 g/mol. The van der Waals surface area contributed by atoms with Gasteiger partial charge in [0.05, 0.1) is 12.2 Å². The third-order valence-electron chi connectivity index (χ3n) is 6.09. The van der Waals surface area contributed by atoms with Gasteiger partial charge in [0.1, 0.15) is 27.7 Å². The van der Waals surface area contributed by atoms with Crippen molar-refractivity contribution in [2.24, 2.45) is 0 Å². The van der Waals surface area contributed by atoms with Crippen molar-refractivity contribution in [1.82, 2.24) is 14.8 Å². The normalized spacial score (nSPS) is 18.9. The smallest absolute Gasteiger partial charge is 0.277 e. The summed E-state index contributed by atoms with van der Waals surface area (Å²) in [5.41, 5.74) is 7.92. The van der Waals surface area contributed by atoms with Crippen LogP contribution in [-0.4, -0.2) is 39.9 Å². The zero-order valence-electron chi connectivity index (χ0n) is 18.4. The van der Waals surface area contributed by atoms with Gasteiger partial charge in [-0.2, -0.15) is 5.10 Å². The Morgan fingerprint density at radius 3 is 2.85 bits per heavy atom. The highest BCUT2D eigenvalue weighted by atomic mass is 32.1. The monoisotopic (exact) mass is 472 g/mol. The number of rotatable bonds is 5. The minimum Gasteiger partial charge on any atom is -0.389 e. The number of alkyl halides is 1. The van der Waals surface area contributed by atoms with Crippen LogP contribution in [0.3, 0.4) is 0 Å². The highest BCUT2D eigenvalue weighted by molar-refractivity contribution is 7.19. The van der Waals surface area contributed by atoms with Crippen LogP contribution in [0.2, 0.25) is 0 Å². The number of thiazole rings is 1. The third kappa shape index (κ3) is 4.44. The van der Waals surface area contributed by atoms with E-state index in [0.29, 0.717) is 48.2 Å². The average Bonchev–Trinajstić information content (AvgIpc) is 3.49. The number of carbonyl (C=O) groups is 1. The second-order valence-corrected chi connectivity index (χ2v) is 9.77. The Morgan fingerprint density at radius 2 is 2.06 bits per heavy atom. The van der Waals surface area contributed by atoms with Gasteiger partial charge in [0, 0.05) is 18.7 Å². The molecule has 1 aromatic carbocycles. The molecule has 1 saturated heterocycles. The molecule has 1 amide bonds. The number of amides is 1. The fourth-order valence-electron chi connectivity index (χ4n) is 4.21. The van der Waals surface area contributed by atoms with Crippen molar-refractivity contribution in [1.29, 1.82) is 0 Å². The SMILES string of the molecule is Cc1ccc(F)c(-c2nc(C(=O)Nc3cnn(C4CC4)c3N3CCC[C@@H](F)CC3)c(N)s2)c1. The second-order valence-electron chi connectivity index (χ2n) is 8.74. The molecule has 2 fully saturated rings. The number of nitrogen functional groups attached to an aromatic ring is 1. The lowest BCUT2D eigenvalue weighted by atomic mass is 10.1. The van der Waals surface area contributed by atoms with Gasteiger partial charge in [0.25, 0.3) is 5.91 Å². The van der Waals surface area contributed by atoms with Crippen molar-refractivity contribution in [2.75, 3.05) is 29.0 Å². The predicted octanol–water partition coefficient (Wildman–Crippen LogP) is 4.95. The maximum absolute atomic E-state index is 14.3. The molecule has 33 heavy (non-hydrogen) atoms. The molecule has 174 valence electrons. The van der Waals surface area contributed by atoms with Gasteiger partial charge in [0.2, 0.25) is 0 Å². The largest absolute Gasteiger partial charge is 0.389 e. The molecule has 0 spiro atoms. The van der Waals surface area contributed by atoms with Crippen LogP contribution in [0.4, 0.5) is 25.3 Å². The van der Waals surface area contributed by atoms with Gasteiger partial charge in [0.15, 0.2) is 11.5 Å². The van der Waals surface area contributed by atoms with Gasteiger partial charge < -0.3 is 16.0 Å². The Kier molecular flexibility index (Phi) is 5.77. The Morgan fingerprint density at radius 1 is 1.24 bits per heavy atom. The first-order chi connectivity index (χ1) is 15.9. The van der Waals surface area contributed by atoms with Crippen LogP contribution in [0.25, 0.3) is 10.6 Å². The van der Waals surface area contributed by atoms with Gasteiger partial charge in [-0.15, -0.1) is 0 Å². The summed E-state index contributed by atoms with van der Waals surface area (Å²) in [6.45, 7) is 3.13. The lowest BCUT2D eigenvalue weighted by Gasteiger charge is -2.25. The van der Waals surface area contributed by atoms with E-state index in [1.165, 1.54) is 6.07 Å². The molecule has 10 heteroatoms. The molecule has 1 aliphatic heterocycles. The molecule has 2 aromatic heterocycles. The summed E-state index contributed by atoms with van der Waals surface area (Å²) in [4.78, 5) is 19.6. The van der Waals surface area contributed by atoms with Crippen LogP contribution in [-0.2, 0) is 0 Å². The quantitative estimate of drug-likeness (QED) is 0.548. The van der Waals surface area contributed by atoms with E-state index in [-0.39, 0.29) is 10.7 Å². The number of aromatic nitrogens is 3. The molecule has 1 atom stereocenters. The number of nitrogens with one attached hydrogen (secondary N) is 1. The molecule has 3 aromatic rings. The van der Waals surface area contributed by atoms with Crippen LogP contribution in [0.15, 0.2) is 24.4 Å². The van der Waals surface area contributed by atoms with E-state index < -0.39 is 17.9 Å². The van der Waals surface area contributed by atoms with E-state index in [9.17, 15) is 13.6 Å². The summed E-state index contributed by atoms with van der Waals surface area (Å²) in [7, 11) is 0. The van der Waals surface area contributed by atoms with Crippen LogP contribution >= 0.6 is 11.3 Å². The first kappa shape index (κ1) is 21.8. The number of nitrogens with two attached hydrogens (primary N) is 1. The number of benzene rings is 1. The minimum atomic E-state index is -0.805. The molecule has 3 N–H and O–H groups in total. The summed E-state index contributed by atoms with van der Waals surface area (Å²) < 4.78 is 30.2. The molecule has 2 aliphatic rings. The lowest BCUT2D eigenvalue weighted by Crippen LogP contribution is -2.28. The molecule has 5 rings (SSSR count). The molecule has 1 aliphatic carbocycles. The van der Waals surface area contributed by atoms with E-state index >= 15 is 0 Å². The number of halogens is 2. The van der Waals surface area contributed by atoms with E-state index in [1.807, 2.05) is 11.6 Å². The van der Waals surface area contributed by atoms with E-state index in [4.69, 9.17) is 5.73 Å². The molecule has 0 bridgehead atoms. The molecular formula is C23H26F2N6OS. The number of anilines is 3. The molecule has 0 unspecified atom stereocenters. The summed E-state index contributed by atoms with van der Waals surface area (Å²) in [5.74, 6) is -0.0850. The highest BCUT2D eigenvalue weighted by Crippen LogP contribution is 2.41. The summed E-state index contributed by atoms with van der Waals surface area (Å²) >= 11 is 1.08. The van der Waals surface area contributed by atoms with E-state index in [0.717, 1.165) is 42.0 Å². The second kappa shape index (κ2) is 8.74. The van der Waals surface area contributed by atoms with Crippen LogP contribution < -0.4 is 16.0 Å². The summed E-state index contributed by atoms with van der Waals surface area (Å²) in [6.07, 6.45) is 4.64. The highest BCUT2D eigenvalue weighted by Gasteiger charge is 2.32. The molecule has 0 radical (unpaired) electrons. The lowest BCUT2D eigenvalue weighted by molar-refractivity contribution is 0.102. The van der Waals surface area contributed by atoms with Gasteiger partial charge in [-0.3, -0.25) is 4.79 Å². The third-order valence-corrected chi connectivity index (χ3v) is 7.01. The minimum absolute atomic E-state index is 0.0562. The van der Waals surface area contributed by atoms with Crippen molar-refractivity contribution in [3.05, 3.63) is 41.5 Å². The van der Waals surface area contributed by atoms with Gasteiger partial charge >= 0.3 is 0 Å². The Bertz CT molecular complexity index is 1190. The predicted molar refractivity (Wildman–Crippen MR) is 126 cm³/mol. The maximum atomic E-state index is 14.3. The fraction of sp³-hybridized carbons (Fsp3) is 0.435. The zero-order valence-corrected chi connectivity index (χ0v) is 19.2. The number of carbonyl (C=O) groups excluding carboxylic acids is 1. The first-order valence-corrected chi connectivity index (χ1v) is 12.0. The molecular weight excluding hydrogens is 446 g/mol. The van der Waals surface area contributed by atoms with E-state index in [2.05, 4.69) is 20.3 Å². The Hall–Kier alpha value is -3.01. The summed E-state index contributed by atoms with van der Waals surface area (Å²) in [6, 6.07) is 5.04. The molecule has 3 heterocycles. The standard InChI is InChI=1S/C23H26F2N6OS/c1-13-4-7-17(25)16(11-13)22-29-19(20(26)33-22)21(32)28-18-12-27-31(15-5-6-15)23(18)30-9-2-3-14(24)8-10-30/h4,7,11-12,14-15H,2-3,5-6,8-10,26H2,1H3,(H,28,32)/t14-/m1/s1. The van der Waals surface area contributed by atoms with E-state index in [1.54, 1.807) is 18.3 Å². The Balaban J connectivity index is 1.43. The maximum Gasteiger partial charge on any atom is 0.277 e. The van der Waals surface area contributed by atoms with Gasteiger partial charge in [-0.25, -0.2) is 18.4 Å². The number of hydrogen-bond donors (Lipinski definition) is 2. The van der Waals surface area contributed by atoms with Gasteiger partial charge in [-0.1, -0.05) is 23.0 Å². The van der Waals surface area contributed by atoms with Crippen molar-refractivity contribution in [3.63, 3.8) is 0 Å². The first-order valence-electron chi connectivity index (χ1n) is 11.2. The topological polar surface area (TPSA) is 89.1 Å². The Labute approximate surface area is 194 Å². The van der Waals surface area contributed by atoms with Crippen molar-refractivity contribution in [3.8, 4) is 10.6 Å². The fourth-order valence-corrected chi connectivity index (χ4v) is 5.05. The molecule has 7 nitrogen and oxygen atoms in total. The summed E-state index contributed by atoms with van der Waals surface area (Å²) in [5, 5.41) is 7.99. The van der Waals surface area contributed by atoms with Crippen molar-refractivity contribution in [2.45, 2.75) is 51.2 Å².